The molecule has 0 saturated heterocycles. The Kier molecular flexibility index (Phi) is 3.88. The number of aromatic hydroxyl groups is 1. The molecule has 0 aromatic heterocycles. The molecule has 1 N–H and O–H groups in total. The summed E-state index contributed by atoms with van der Waals surface area (Å²) in [5.74, 6) is 0.923. The lowest BCUT2D eigenvalue weighted by atomic mass is 9.98. The van der Waals surface area contributed by atoms with Crippen molar-refractivity contribution in [1.82, 2.24) is 0 Å². The van der Waals surface area contributed by atoms with E-state index in [1.165, 1.54) is 37.0 Å². The van der Waals surface area contributed by atoms with E-state index in [1.54, 1.807) is 6.07 Å². The van der Waals surface area contributed by atoms with E-state index in [9.17, 15) is 9.90 Å². The highest BCUT2D eigenvalue weighted by Crippen LogP contribution is 2.40. The minimum Gasteiger partial charge on any atom is -0.508 e. The highest BCUT2D eigenvalue weighted by molar-refractivity contribution is 5.69. The van der Waals surface area contributed by atoms with Gasteiger partial charge in [0.25, 0.3) is 0 Å². The molecule has 0 aliphatic heterocycles. The Morgan fingerprint density at radius 1 is 1.23 bits per heavy atom. The molecule has 0 unspecified atom stereocenters. The van der Waals surface area contributed by atoms with Crippen LogP contribution in [-0.2, 0) is 11.2 Å². The normalized spacial score (nSPS) is 13.9. The summed E-state index contributed by atoms with van der Waals surface area (Å²) in [6.45, 7) is 3.27. The van der Waals surface area contributed by atoms with Crippen molar-refractivity contribution in [3.63, 3.8) is 0 Å². The van der Waals surface area contributed by atoms with Crippen LogP contribution in [-0.4, -0.2) is 11.1 Å². The zero-order chi connectivity index (χ0) is 15.7. The predicted octanol–water partition coefficient (Wildman–Crippen LogP) is 4.09. The van der Waals surface area contributed by atoms with Gasteiger partial charge in [-0.15, -0.1) is 0 Å². The van der Waals surface area contributed by atoms with Crippen molar-refractivity contribution >= 4 is 5.97 Å². The summed E-state index contributed by atoms with van der Waals surface area (Å²) in [5.41, 5.74) is 4.37. The summed E-state index contributed by atoms with van der Waals surface area (Å²) < 4.78 is 5.03. The second kappa shape index (κ2) is 5.84. The molecule has 3 heteroatoms. The van der Waals surface area contributed by atoms with E-state index in [-0.39, 0.29) is 11.7 Å². The summed E-state index contributed by atoms with van der Waals surface area (Å²) in [7, 11) is 0. The van der Waals surface area contributed by atoms with Gasteiger partial charge >= 0.3 is 5.97 Å². The lowest BCUT2D eigenvalue weighted by Crippen LogP contribution is -2.02. The van der Waals surface area contributed by atoms with Crippen molar-refractivity contribution < 1.29 is 14.6 Å². The topological polar surface area (TPSA) is 46.5 Å². The van der Waals surface area contributed by atoms with E-state index in [2.05, 4.69) is 24.3 Å². The van der Waals surface area contributed by atoms with Gasteiger partial charge in [-0.3, -0.25) is 4.79 Å². The second-order valence-electron chi connectivity index (χ2n) is 6.02. The van der Waals surface area contributed by atoms with Crippen molar-refractivity contribution in [2.24, 2.45) is 0 Å². The van der Waals surface area contributed by atoms with Crippen LogP contribution in [0.1, 0.15) is 47.9 Å². The minimum atomic E-state index is -0.387. The molecule has 0 heterocycles. The van der Waals surface area contributed by atoms with E-state index < -0.39 is 0 Å². The summed E-state index contributed by atoms with van der Waals surface area (Å²) >= 11 is 0. The minimum absolute atomic E-state index is 0.169. The van der Waals surface area contributed by atoms with Crippen LogP contribution >= 0.6 is 0 Å². The Hall–Kier alpha value is -2.29. The van der Waals surface area contributed by atoms with E-state index in [1.807, 2.05) is 6.92 Å². The van der Waals surface area contributed by atoms with E-state index >= 15 is 0 Å². The van der Waals surface area contributed by atoms with Gasteiger partial charge in [0.05, 0.1) is 0 Å². The number of hydrogen-bond acceptors (Lipinski definition) is 3. The standard InChI is InChI=1S/C19H20O3/c1-12-9-17(22-13(2)20)11-19(21)18(12)10-14-3-5-15(6-4-14)16-7-8-16/h3-6,9,11,16,21H,7-8,10H2,1-2H3. The first-order chi connectivity index (χ1) is 10.5. The van der Waals surface area contributed by atoms with Crippen molar-refractivity contribution in [3.8, 4) is 11.5 Å². The highest BCUT2D eigenvalue weighted by Gasteiger charge is 2.23. The number of phenols is 1. The Bertz CT molecular complexity index is 674. The molecule has 0 atom stereocenters. The Labute approximate surface area is 130 Å². The van der Waals surface area contributed by atoms with Gasteiger partial charge in [0, 0.05) is 25.0 Å². The maximum Gasteiger partial charge on any atom is 0.308 e. The number of rotatable bonds is 4. The molecule has 0 amide bonds. The van der Waals surface area contributed by atoms with Gasteiger partial charge in [0.15, 0.2) is 0 Å². The van der Waals surface area contributed by atoms with Crippen LogP contribution < -0.4 is 4.74 Å². The lowest BCUT2D eigenvalue weighted by molar-refractivity contribution is -0.131. The van der Waals surface area contributed by atoms with Gasteiger partial charge in [-0.1, -0.05) is 24.3 Å². The number of hydrogen-bond donors (Lipinski definition) is 1. The van der Waals surface area contributed by atoms with Crippen LogP contribution in [0.3, 0.4) is 0 Å². The third kappa shape index (κ3) is 3.30. The quantitative estimate of drug-likeness (QED) is 0.682. The SMILES string of the molecule is CC(=O)Oc1cc(C)c(Cc2ccc(C3CC3)cc2)c(O)c1. The average molecular weight is 296 g/mol. The molecule has 1 fully saturated rings. The number of aryl methyl sites for hydroxylation is 1. The molecule has 2 aromatic carbocycles. The van der Waals surface area contributed by atoms with Gasteiger partial charge in [-0.05, 0) is 48.4 Å². The van der Waals surface area contributed by atoms with Gasteiger partial charge in [-0.2, -0.15) is 0 Å². The fourth-order valence-corrected chi connectivity index (χ4v) is 2.75. The largest absolute Gasteiger partial charge is 0.508 e. The fourth-order valence-electron chi connectivity index (χ4n) is 2.75. The molecule has 3 rings (SSSR count). The molecule has 1 aliphatic rings. The molecular formula is C19H20O3. The number of esters is 1. The van der Waals surface area contributed by atoms with Gasteiger partial charge in [-0.25, -0.2) is 0 Å². The molecular weight excluding hydrogens is 276 g/mol. The van der Waals surface area contributed by atoms with Crippen LogP contribution in [0.2, 0.25) is 0 Å². The molecule has 0 bridgehead atoms. The van der Waals surface area contributed by atoms with Crippen LogP contribution in [0.15, 0.2) is 36.4 Å². The van der Waals surface area contributed by atoms with Crippen LogP contribution in [0.4, 0.5) is 0 Å². The van der Waals surface area contributed by atoms with Crippen molar-refractivity contribution in [1.29, 1.82) is 0 Å². The molecule has 114 valence electrons. The Morgan fingerprint density at radius 3 is 2.45 bits per heavy atom. The summed E-state index contributed by atoms with van der Waals surface area (Å²) in [5, 5.41) is 10.2. The molecule has 3 nitrogen and oxygen atoms in total. The van der Waals surface area contributed by atoms with Gasteiger partial charge < -0.3 is 9.84 Å². The number of carbonyl (C=O) groups excluding carboxylic acids is 1. The van der Waals surface area contributed by atoms with Crippen molar-refractivity contribution in [2.45, 2.75) is 39.0 Å². The number of ether oxygens (including phenoxy) is 1. The zero-order valence-corrected chi connectivity index (χ0v) is 12.9. The number of phenolic OH excluding ortho intramolecular Hbond substituents is 1. The molecule has 1 saturated carbocycles. The molecule has 1 aliphatic carbocycles. The highest BCUT2D eigenvalue weighted by atomic mass is 16.5. The molecule has 0 spiro atoms. The molecule has 2 aromatic rings. The summed E-state index contributed by atoms with van der Waals surface area (Å²) in [4.78, 5) is 11.0. The summed E-state index contributed by atoms with van der Waals surface area (Å²) in [6.07, 6.45) is 3.27. The van der Waals surface area contributed by atoms with Crippen molar-refractivity contribution in [2.75, 3.05) is 0 Å². The van der Waals surface area contributed by atoms with E-state index in [0.29, 0.717) is 12.2 Å². The third-order valence-corrected chi connectivity index (χ3v) is 4.09. The maximum absolute atomic E-state index is 11.0. The fraction of sp³-hybridized carbons (Fsp3) is 0.316. The molecule has 22 heavy (non-hydrogen) atoms. The zero-order valence-electron chi connectivity index (χ0n) is 12.9. The number of carbonyl (C=O) groups is 1. The maximum atomic E-state index is 11.0. The average Bonchev–Trinajstić information content (AvgIpc) is 3.27. The van der Waals surface area contributed by atoms with Crippen LogP contribution in [0.25, 0.3) is 0 Å². The van der Waals surface area contributed by atoms with E-state index in [0.717, 1.165) is 17.0 Å². The van der Waals surface area contributed by atoms with E-state index in [4.69, 9.17) is 4.74 Å². The predicted molar refractivity (Wildman–Crippen MR) is 85.4 cm³/mol. The lowest BCUT2D eigenvalue weighted by Gasteiger charge is -2.11. The smallest absolute Gasteiger partial charge is 0.308 e. The first-order valence-electron chi connectivity index (χ1n) is 7.62. The van der Waals surface area contributed by atoms with Crippen LogP contribution in [0.5, 0.6) is 11.5 Å². The van der Waals surface area contributed by atoms with Gasteiger partial charge in [0.2, 0.25) is 0 Å². The third-order valence-electron chi connectivity index (χ3n) is 4.09. The van der Waals surface area contributed by atoms with Crippen LogP contribution in [0, 0.1) is 6.92 Å². The first kappa shape index (κ1) is 14.6. The number of benzene rings is 2. The second-order valence-corrected chi connectivity index (χ2v) is 6.02. The van der Waals surface area contributed by atoms with Gasteiger partial charge in [0.1, 0.15) is 11.5 Å². The van der Waals surface area contributed by atoms with Crippen molar-refractivity contribution in [3.05, 3.63) is 58.7 Å². The Balaban J connectivity index is 1.80. The monoisotopic (exact) mass is 296 g/mol. The summed E-state index contributed by atoms with van der Waals surface area (Å²) in [6, 6.07) is 11.9. The Morgan fingerprint density at radius 2 is 1.91 bits per heavy atom. The first-order valence-corrected chi connectivity index (χ1v) is 7.62. The molecule has 0 radical (unpaired) electrons.